The molecule has 2 amide bonds. The van der Waals surface area contributed by atoms with Gasteiger partial charge in [-0.05, 0) is 37.1 Å². The normalized spacial score (nSPS) is 15.6. The molecule has 33 heavy (non-hydrogen) atoms. The summed E-state index contributed by atoms with van der Waals surface area (Å²) in [6, 6.07) is 10.7. The second kappa shape index (κ2) is 10.1. The Hall–Kier alpha value is -3.27. The molecule has 1 saturated carbocycles. The molecular formula is C23H27N3O6S. The second-order valence-electron chi connectivity index (χ2n) is 7.98. The van der Waals surface area contributed by atoms with Crippen LogP contribution >= 0.6 is 0 Å². The smallest absolute Gasteiger partial charge is 0.262 e. The maximum absolute atomic E-state index is 12.9. The zero-order chi connectivity index (χ0) is 23.3. The van der Waals surface area contributed by atoms with E-state index in [1.54, 1.807) is 18.2 Å². The molecule has 3 N–H and O–H groups in total. The third-order valence-electron chi connectivity index (χ3n) is 5.68. The molecule has 0 unspecified atom stereocenters. The van der Waals surface area contributed by atoms with Crippen LogP contribution in [0.3, 0.4) is 0 Å². The number of carbonyl (C=O) groups excluding carboxylic acids is 2. The number of ether oxygens (including phenoxy) is 2. The summed E-state index contributed by atoms with van der Waals surface area (Å²) in [5.74, 6) is 0.492. The van der Waals surface area contributed by atoms with Crippen LogP contribution in [0.1, 0.15) is 36.0 Å². The number of rotatable bonds is 8. The summed E-state index contributed by atoms with van der Waals surface area (Å²) >= 11 is 0. The lowest BCUT2D eigenvalue weighted by Gasteiger charge is -2.19. The van der Waals surface area contributed by atoms with Crippen LogP contribution in [0, 0.1) is 5.92 Å². The van der Waals surface area contributed by atoms with E-state index in [-0.39, 0.29) is 34.5 Å². The van der Waals surface area contributed by atoms with E-state index in [1.165, 1.54) is 24.3 Å². The van der Waals surface area contributed by atoms with E-state index in [0.717, 1.165) is 25.7 Å². The highest BCUT2D eigenvalue weighted by atomic mass is 32.2. The number of para-hydroxylation sites is 1. The first kappa shape index (κ1) is 22.9. The number of anilines is 1. The van der Waals surface area contributed by atoms with Gasteiger partial charge >= 0.3 is 0 Å². The number of hydrogen-bond donors (Lipinski definition) is 3. The molecule has 1 aliphatic heterocycles. The Morgan fingerprint density at radius 3 is 2.39 bits per heavy atom. The Bertz CT molecular complexity index is 1130. The van der Waals surface area contributed by atoms with Gasteiger partial charge in [-0.15, -0.1) is 0 Å². The van der Waals surface area contributed by atoms with Crippen LogP contribution in [0.15, 0.2) is 47.4 Å². The van der Waals surface area contributed by atoms with Gasteiger partial charge in [0.25, 0.3) is 15.9 Å². The van der Waals surface area contributed by atoms with E-state index >= 15 is 0 Å². The van der Waals surface area contributed by atoms with Crippen LogP contribution in [0.5, 0.6) is 11.5 Å². The summed E-state index contributed by atoms with van der Waals surface area (Å²) in [6.07, 6.45) is 3.98. The number of sulfonamides is 1. The average Bonchev–Trinajstić information content (AvgIpc) is 3.36. The quantitative estimate of drug-likeness (QED) is 0.506. The van der Waals surface area contributed by atoms with Gasteiger partial charge in [0, 0.05) is 25.1 Å². The first-order valence-corrected chi connectivity index (χ1v) is 12.5. The van der Waals surface area contributed by atoms with Gasteiger partial charge in [0.05, 0.1) is 16.1 Å². The van der Waals surface area contributed by atoms with Gasteiger partial charge in [0.15, 0.2) is 11.5 Å². The molecular weight excluding hydrogens is 446 g/mol. The van der Waals surface area contributed by atoms with Gasteiger partial charge in [0.1, 0.15) is 13.2 Å². The summed E-state index contributed by atoms with van der Waals surface area (Å²) in [6.45, 7) is 1.30. The van der Waals surface area contributed by atoms with E-state index in [4.69, 9.17) is 9.47 Å². The molecule has 1 heterocycles. The van der Waals surface area contributed by atoms with Gasteiger partial charge in [-0.2, -0.15) is 0 Å². The number of fused-ring (bicyclic) bond motifs is 1. The molecule has 0 saturated heterocycles. The minimum absolute atomic E-state index is 0.00316. The van der Waals surface area contributed by atoms with Crippen molar-refractivity contribution in [2.75, 3.05) is 31.0 Å². The predicted molar refractivity (Wildman–Crippen MR) is 122 cm³/mol. The Balaban J connectivity index is 1.38. The highest BCUT2D eigenvalue weighted by Gasteiger charge is 2.23. The number of carbonyl (C=O) groups is 2. The first-order chi connectivity index (χ1) is 15.9. The third kappa shape index (κ3) is 5.57. The molecule has 10 heteroatoms. The van der Waals surface area contributed by atoms with Crippen LogP contribution < -0.4 is 24.8 Å². The van der Waals surface area contributed by atoms with E-state index in [9.17, 15) is 18.0 Å². The SMILES string of the molecule is O=C(NCCNC(=O)C1CCCC1)c1ccccc1NS(=O)(=O)c1ccc2c(c1)OCCO2. The molecule has 2 aromatic rings. The van der Waals surface area contributed by atoms with Crippen LogP contribution in [0.2, 0.25) is 0 Å². The Morgan fingerprint density at radius 1 is 0.909 bits per heavy atom. The maximum atomic E-state index is 12.9. The highest BCUT2D eigenvalue weighted by Crippen LogP contribution is 2.33. The summed E-state index contributed by atoms with van der Waals surface area (Å²) in [4.78, 5) is 24.8. The first-order valence-electron chi connectivity index (χ1n) is 11.0. The standard InChI is InChI=1S/C23H27N3O6S/c27-22(16-5-1-2-6-16)24-11-12-25-23(28)18-7-3-4-8-19(18)26-33(29,30)17-9-10-20-21(15-17)32-14-13-31-20/h3-4,7-10,15-16,26H,1-2,5-6,11-14H2,(H,24,27)(H,25,28). The van der Waals surface area contributed by atoms with Crippen molar-refractivity contribution in [1.29, 1.82) is 0 Å². The van der Waals surface area contributed by atoms with Gasteiger partial charge in [-0.25, -0.2) is 8.42 Å². The van der Waals surface area contributed by atoms with Crippen molar-refractivity contribution >= 4 is 27.5 Å². The van der Waals surface area contributed by atoms with E-state index in [2.05, 4.69) is 15.4 Å². The van der Waals surface area contributed by atoms with Gasteiger partial charge in [0.2, 0.25) is 5.91 Å². The molecule has 4 rings (SSSR count). The number of amides is 2. The number of benzene rings is 2. The van der Waals surface area contributed by atoms with Crippen molar-refractivity contribution in [3.8, 4) is 11.5 Å². The largest absolute Gasteiger partial charge is 0.486 e. The average molecular weight is 474 g/mol. The number of hydrogen-bond acceptors (Lipinski definition) is 6. The van der Waals surface area contributed by atoms with E-state index < -0.39 is 15.9 Å². The topological polar surface area (TPSA) is 123 Å². The Kier molecular flexibility index (Phi) is 7.02. The summed E-state index contributed by atoms with van der Waals surface area (Å²) < 4.78 is 39.3. The Morgan fingerprint density at radius 2 is 1.61 bits per heavy atom. The van der Waals surface area contributed by atoms with Crippen molar-refractivity contribution in [2.45, 2.75) is 30.6 Å². The molecule has 0 radical (unpaired) electrons. The van der Waals surface area contributed by atoms with Crippen LogP contribution in [-0.4, -0.2) is 46.5 Å². The lowest BCUT2D eigenvalue weighted by Crippen LogP contribution is -2.37. The van der Waals surface area contributed by atoms with Gasteiger partial charge < -0.3 is 20.1 Å². The van der Waals surface area contributed by atoms with Crippen molar-refractivity contribution in [1.82, 2.24) is 10.6 Å². The number of nitrogens with one attached hydrogen (secondary N) is 3. The molecule has 0 aromatic heterocycles. The van der Waals surface area contributed by atoms with Crippen LogP contribution in [0.4, 0.5) is 5.69 Å². The predicted octanol–water partition coefficient (Wildman–Crippen LogP) is 2.29. The van der Waals surface area contributed by atoms with Gasteiger partial charge in [-0.1, -0.05) is 25.0 Å². The fraction of sp³-hybridized carbons (Fsp3) is 0.391. The zero-order valence-corrected chi connectivity index (χ0v) is 18.9. The molecule has 9 nitrogen and oxygen atoms in total. The second-order valence-corrected chi connectivity index (χ2v) is 9.67. The molecule has 0 bridgehead atoms. The van der Waals surface area contributed by atoms with Crippen molar-refractivity contribution in [2.24, 2.45) is 5.92 Å². The van der Waals surface area contributed by atoms with Crippen LogP contribution in [-0.2, 0) is 14.8 Å². The minimum atomic E-state index is -3.97. The molecule has 0 spiro atoms. The van der Waals surface area contributed by atoms with E-state index in [0.29, 0.717) is 31.3 Å². The molecule has 1 fully saturated rings. The molecule has 176 valence electrons. The van der Waals surface area contributed by atoms with Crippen LogP contribution in [0.25, 0.3) is 0 Å². The molecule has 2 aliphatic rings. The monoisotopic (exact) mass is 473 g/mol. The lowest BCUT2D eigenvalue weighted by atomic mass is 10.1. The van der Waals surface area contributed by atoms with Gasteiger partial charge in [-0.3, -0.25) is 14.3 Å². The Labute approximate surface area is 192 Å². The summed E-state index contributed by atoms with van der Waals surface area (Å²) in [5.41, 5.74) is 0.334. The molecule has 0 atom stereocenters. The molecule has 2 aromatic carbocycles. The summed E-state index contributed by atoms with van der Waals surface area (Å²) in [7, 11) is -3.97. The highest BCUT2D eigenvalue weighted by molar-refractivity contribution is 7.92. The molecule has 1 aliphatic carbocycles. The fourth-order valence-corrected chi connectivity index (χ4v) is 5.05. The van der Waals surface area contributed by atoms with Crippen molar-refractivity contribution in [3.63, 3.8) is 0 Å². The third-order valence-corrected chi connectivity index (χ3v) is 7.04. The lowest BCUT2D eigenvalue weighted by molar-refractivity contribution is -0.124. The summed E-state index contributed by atoms with van der Waals surface area (Å²) in [5, 5.41) is 5.57. The fourth-order valence-electron chi connectivity index (χ4n) is 3.95. The van der Waals surface area contributed by atoms with Crippen molar-refractivity contribution in [3.05, 3.63) is 48.0 Å². The maximum Gasteiger partial charge on any atom is 0.262 e. The van der Waals surface area contributed by atoms with E-state index in [1.807, 2.05) is 0 Å². The zero-order valence-electron chi connectivity index (χ0n) is 18.1. The van der Waals surface area contributed by atoms with Crippen molar-refractivity contribution < 1.29 is 27.5 Å². The minimum Gasteiger partial charge on any atom is -0.486 e.